The van der Waals surface area contributed by atoms with Crippen molar-refractivity contribution in [2.45, 2.75) is 37.5 Å². The summed E-state index contributed by atoms with van der Waals surface area (Å²) in [5, 5.41) is 0. The molecular weight excluding hydrogens is 312 g/mol. The third-order valence-electron chi connectivity index (χ3n) is 3.85. The van der Waals surface area contributed by atoms with Crippen LogP contribution in [0.4, 0.5) is 5.82 Å². The molecule has 1 N–H and O–H groups in total. The first-order valence-corrected chi connectivity index (χ1v) is 9.21. The molecule has 0 aliphatic heterocycles. The Bertz CT molecular complexity index is 814. The number of nitrogens with one attached hydrogen (secondary N) is 1. The molecule has 1 aromatic heterocycles. The first-order valence-electron chi connectivity index (χ1n) is 7.72. The summed E-state index contributed by atoms with van der Waals surface area (Å²) in [5.74, 6) is 1.39. The Morgan fingerprint density at radius 1 is 1.30 bits per heavy atom. The lowest BCUT2D eigenvalue weighted by Gasteiger charge is -2.14. The molecule has 1 aliphatic carbocycles. The minimum atomic E-state index is -3.69. The standard InChI is InChI=1S/C17H20N2O3S/c1-3-22-14-5-4-6-15(11-14)23(20,21)19-17-16(13-7-8-13)12(2)9-10-18-17/h4-6,9-11,13H,3,7-8H2,1-2H3,(H,18,19). The fourth-order valence-electron chi connectivity index (χ4n) is 2.62. The van der Waals surface area contributed by atoms with Gasteiger partial charge in [-0.3, -0.25) is 4.72 Å². The molecule has 6 heteroatoms. The first kappa shape index (κ1) is 15.8. The second-order valence-electron chi connectivity index (χ2n) is 5.68. The lowest BCUT2D eigenvalue weighted by Crippen LogP contribution is -2.16. The maximum absolute atomic E-state index is 12.7. The number of ether oxygens (including phenoxy) is 1. The molecule has 0 amide bonds. The molecule has 122 valence electrons. The fraction of sp³-hybridized carbons (Fsp3) is 0.353. The predicted molar refractivity (Wildman–Crippen MR) is 89.4 cm³/mol. The molecule has 5 nitrogen and oxygen atoms in total. The Kier molecular flexibility index (Phi) is 4.26. The minimum Gasteiger partial charge on any atom is -0.494 e. The van der Waals surface area contributed by atoms with Crippen LogP contribution in [0.5, 0.6) is 5.75 Å². The van der Waals surface area contributed by atoms with Crippen LogP contribution in [-0.2, 0) is 10.0 Å². The number of hydrogen-bond donors (Lipinski definition) is 1. The molecule has 1 fully saturated rings. The molecule has 23 heavy (non-hydrogen) atoms. The van der Waals surface area contributed by atoms with Crippen LogP contribution in [-0.4, -0.2) is 20.0 Å². The van der Waals surface area contributed by atoms with E-state index in [1.54, 1.807) is 24.4 Å². The Hall–Kier alpha value is -2.08. The molecule has 3 rings (SSSR count). The summed E-state index contributed by atoms with van der Waals surface area (Å²) >= 11 is 0. The molecule has 1 aromatic carbocycles. The van der Waals surface area contributed by atoms with Crippen LogP contribution in [0.3, 0.4) is 0 Å². The molecule has 0 spiro atoms. The van der Waals surface area contributed by atoms with Gasteiger partial charge in [-0.2, -0.15) is 0 Å². The lowest BCUT2D eigenvalue weighted by atomic mass is 10.1. The van der Waals surface area contributed by atoms with Gasteiger partial charge in [-0.25, -0.2) is 13.4 Å². The third-order valence-corrected chi connectivity index (χ3v) is 5.19. The summed E-state index contributed by atoms with van der Waals surface area (Å²) in [6.45, 7) is 4.34. The summed E-state index contributed by atoms with van der Waals surface area (Å²) in [6.07, 6.45) is 3.80. The number of hydrogen-bond acceptors (Lipinski definition) is 4. The van der Waals surface area contributed by atoms with Crippen LogP contribution in [0.1, 0.15) is 36.8 Å². The van der Waals surface area contributed by atoms with Gasteiger partial charge in [-0.05, 0) is 56.4 Å². The third kappa shape index (κ3) is 3.47. The SMILES string of the molecule is CCOc1cccc(S(=O)(=O)Nc2nccc(C)c2C2CC2)c1. The van der Waals surface area contributed by atoms with Crippen molar-refractivity contribution in [3.05, 3.63) is 47.7 Å². The fourth-order valence-corrected chi connectivity index (χ4v) is 3.69. The van der Waals surface area contributed by atoms with Gasteiger partial charge in [-0.1, -0.05) is 6.07 Å². The summed E-state index contributed by atoms with van der Waals surface area (Å²) in [4.78, 5) is 4.42. The highest BCUT2D eigenvalue weighted by Crippen LogP contribution is 2.44. The van der Waals surface area contributed by atoms with Crippen LogP contribution in [0.25, 0.3) is 0 Å². The number of aryl methyl sites for hydroxylation is 1. The number of nitrogens with zero attached hydrogens (tertiary/aromatic N) is 1. The summed E-state index contributed by atoms with van der Waals surface area (Å²) < 4.78 is 33.3. The second kappa shape index (κ2) is 6.20. The van der Waals surface area contributed by atoms with E-state index in [4.69, 9.17) is 4.74 Å². The Morgan fingerprint density at radius 3 is 2.78 bits per heavy atom. The zero-order valence-electron chi connectivity index (χ0n) is 13.2. The molecule has 0 atom stereocenters. The van der Waals surface area contributed by atoms with Crippen molar-refractivity contribution >= 4 is 15.8 Å². The van der Waals surface area contributed by atoms with Gasteiger partial charge in [0.05, 0.1) is 11.5 Å². The normalized spacial score (nSPS) is 14.5. The maximum Gasteiger partial charge on any atom is 0.263 e. The molecule has 2 aromatic rings. The predicted octanol–water partition coefficient (Wildman–Crippen LogP) is 3.47. The van der Waals surface area contributed by atoms with Gasteiger partial charge < -0.3 is 4.74 Å². The van der Waals surface area contributed by atoms with Gasteiger partial charge in [0.15, 0.2) is 0 Å². The number of rotatable bonds is 6. The van der Waals surface area contributed by atoms with E-state index < -0.39 is 10.0 Å². The van der Waals surface area contributed by atoms with E-state index in [1.165, 1.54) is 6.07 Å². The molecule has 0 saturated heterocycles. The summed E-state index contributed by atoms with van der Waals surface area (Å²) in [6, 6.07) is 8.41. The number of pyridine rings is 1. The molecule has 0 unspecified atom stereocenters. The zero-order valence-corrected chi connectivity index (χ0v) is 14.1. The van der Waals surface area contributed by atoms with Crippen LogP contribution in [0.2, 0.25) is 0 Å². The highest BCUT2D eigenvalue weighted by Gasteiger charge is 2.30. The highest BCUT2D eigenvalue weighted by atomic mass is 32.2. The van der Waals surface area contributed by atoms with E-state index in [0.717, 1.165) is 24.0 Å². The van der Waals surface area contributed by atoms with Crippen LogP contribution < -0.4 is 9.46 Å². The average Bonchev–Trinajstić information content (AvgIpc) is 3.32. The van der Waals surface area contributed by atoms with E-state index in [0.29, 0.717) is 24.1 Å². The Balaban J connectivity index is 1.93. The molecule has 1 aliphatic rings. The Labute approximate surface area is 136 Å². The van der Waals surface area contributed by atoms with Gasteiger partial charge in [0.1, 0.15) is 11.6 Å². The molecule has 1 saturated carbocycles. The summed E-state index contributed by atoms with van der Waals surface area (Å²) in [5.41, 5.74) is 2.08. The van der Waals surface area contributed by atoms with Gasteiger partial charge >= 0.3 is 0 Å². The number of aromatic nitrogens is 1. The van der Waals surface area contributed by atoms with E-state index in [2.05, 4.69) is 9.71 Å². The van der Waals surface area contributed by atoms with Gasteiger partial charge in [0.25, 0.3) is 10.0 Å². The van der Waals surface area contributed by atoms with Crippen molar-refractivity contribution in [3.8, 4) is 5.75 Å². The van der Waals surface area contributed by atoms with Crippen molar-refractivity contribution < 1.29 is 13.2 Å². The van der Waals surface area contributed by atoms with Gasteiger partial charge in [0.2, 0.25) is 0 Å². The molecule has 0 bridgehead atoms. The second-order valence-corrected chi connectivity index (χ2v) is 7.36. The van der Waals surface area contributed by atoms with E-state index in [-0.39, 0.29) is 4.90 Å². The van der Waals surface area contributed by atoms with Crippen LogP contribution in [0.15, 0.2) is 41.4 Å². The van der Waals surface area contributed by atoms with E-state index in [1.807, 2.05) is 19.9 Å². The van der Waals surface area contributed by atoms with Crippen LogP contribution in [0, 0.1) is 6.92 Å². The first-order chi connectivity index (χ1) is 11.0. The van der Waals surface area contributed by atoms with Gasteiger partial charge in [0, 0.05) is 17.8 Å². The highest BCUT2D eigenvalue weighted by molar-refractivity contribution is 7.92. The van der Waals surface area contributed by atoms with Gasteiger partial charge in [-0.15, -0.1) is 0 Å². The van der Waals surface area contributed by atoms with E-state index in [9.17, 15) is 8.42 Å². The minimum absolute atomic E-state index is 0.175. The molecule has 0 radical (unpaired) electrons. The van der Waals surface area contributed by atoms with Crippen molar-refractivity contribution in [1.82, 2.24) is 4.98 Å². The Morgan fingerprint density at radius 2 is 2.09 bits per heavy atom. The zero-order chi connectivity index (χ0) is 16.4. The number of sulfonamides is 1. The van der Waals surface area contributed by atoms with Crippen molar-refractivity contribution in [1.29, 1.82) is 0 Å². The summed E-state index contributed by atoms with van der Waals surface area (Å²) in [7, 11) is -3.69. The van der Waals surface area contributed by atoms with Crippen molar-refractivity contribution in [3.63, 3.8) is 0 Å². The number of anilines is 1. The largest absolute Gasteiger partial charge is 0.494 e. The molecule has 1 heterocycles. The average molecular weight is 332 g/mol. The quantitative estimate of drug-likeness (QED) is 0.879. The monoisotopic (exact) mass is 332 g/mol. The van der Waals surface area contributed by atoms with Crippen molar-refractivity contribution in [2.75, 3.05) is 11.3 Å². The lowest BCUT2D eigenvalue weighted by molar-refractivity contribution is 0.339. The van der Waals surface area contributed by atoms with Crippen molar-refractivity contribution in [2.24, 2.45) is 0 Å². The van der Waals surface area contributed by atoms with E-state index >= 15 is 0 Å². The van der Waals surface area contributed by atoms with Crippen LogP contribution >= 0.6 is 0 Å². The topological polar surface area (TPSA) is 68.3 Å². The smallest absolute Gasteiger partial charge is 0.263 e. The number of benzene rings is 1. The maximum atomic E-state index is 12.7. The molecular formula is C17H20N2O3S.